The molecule has 0 bridgehead atoms. The fourth-order valence-corrected chi connectivity index (χ4v) is 3.02. The summed E-state index contributed by atoms with van der Waals surface area (Å²) >= 11 is 0. The summed E-state index contributed by atoms with van der Waals surface area (Å²) in [5, 5.41) is 0. The van der Waals surface area contributed by atoms with Crippen LogP contribution < -0.4 is 4.72 Å². The van der Waals surface area contributed by atoms with Crippen LogP contribution in [0.3, 0.4) is 0 Å². The van der Waals surface area contributed by atoms with Gasteiger partial charge in [-0.05, 0) is 25.0 Å². The first-order valence-corrected chi connectivity index (χ1v) is 7.01. The molecule has 1 saturated heterocycles. The van der Waals surface area contributed by atoms with E-state index in [4.69, 9.17) is 0 Å². The van der Waals surface area contributed by atoms with Crippen LogP contribution in [0.25, 0.3) is 0 Å². The fraction of sp³-hybridized carbons (Fsp3) is 0.364. The van der Waals surface area contributed by atoms with Gasteiger partial charge in [-0.1, -0.05) is 12.1 Å². The van der Waals surface area contributed by atoms with Gasteiger partial charge in [0.25, 0.3) is 5.91 Å². The maximum atomic E-state index is 13.3. The minimum atomic E-state index is -3.86. The van der Waals surface area contributed by atoms with Crippen LogP contribution in [0.5, 0.6) is 0 Å². The van der Waals surface area contributed by atoms with Gasteiger partial charge in [0.15, 0.2) is 0 Å². The van der Waals surface area contributed by atoms with Crippen molar-refractivity contribution in [3.05, 3.63) is 35.6 Å². The van der Waals surface area contributed by atoms with Crippen molar-refractivity contribution in [2.45, 2.75) is 12.8 Å². The number of carbonyl (C=O) groups excluding carboxylic acids is 1. The highest BCUT2D eigenvalue weighted by molar-refractivity contribution is 7.87. The Kier molecular flexibility index (Phi) is 3.63. The molecule has 0 atom stereocenters. The number of nitrogens with zero attached hydrogens (tertiary/aromatic N) is 1. The highest BCUT2D eigenvalue weighted by Crippen LogP contribution is 2.12. The van der Waals surface area contributed by atoms with Gasteiger partial charge in [0, 0.05) is 13.1 Å². The third-order valence-corrected chi connectivity index (χ3v) is 4.23. The topological polar surface area (TPSA) is 66.5 Å². The summed E-state index contributed by atoms with van der Waals surface area (Å²) in [5.74, 6) is -1.69. The molecule has 0 aromatic heterocycles. The molecule has 1 aliphatic rings. The van der Waals surface area contributed by atoms with E-state index in [1.165, 1.54) is 22.5 Å². The van der Waals surface area contributed by atoms with Crippen molar-refractivity contribution in [1.29, 1.82) is 0 Å². The van der Waals surface area contributed by atoms with Crippen molar-refractivity contribution in [3.63, 3.8) is 0 Å². The molecule has 1 heterocycles. The smallest absolute Gasteiger partial charge is 0.268 e. The van der Waals surface area contributed by atoms with E-state index < -0.39 is 21.9 Å². The van der Waals surface area contributed by atoms with Gasteiger partial charge in [0.05, 0.1) is 5.56 Å². The number of carbonyl (C=O) groups is 1. The largest absolute Gasteiger partial charge is 0.304 e. The van der Waals surface area contributed by atoms with E-state index in [-0.39, 0.29) is 5.56 Å². The monoisotopic (exact) mass is 272 g/mol. The first-order valence-electron chi connectivity index (χ1n) is 5.57. The molecule has 0 saturated carbocycles. The lowest BCUT2D eigenvalue weighted by Gasteiger charge is -2.15. The summed E-state index contributed by atoms with van der Waals surface area (Å²) in [6, 6.07) is 5.25. The Morgan fingerprint density at radius 3 is 2.44 bits per heavy atom. The zero-order chi connectivity index (χ0) is 13.2. The predicted octanol–water partition coefficient (Wildman–Crippen LogP) is 0.896. The summed E-state index contributed by atoms with van der Waals surface area (Å²) < 4.78 is 40.0. The van der Waals surface area contributed by atoms with Gasteiger partial charge in [0.2, 0.25) is 0 Å². The molecule has 1 N–H and O–H groups in total. The highest BCUT2D eigenvalue weighted by atomic mass is 32.2. The third kappa shape index (κ3) is 2.68. The quantitative estimate of drug-likeness (QED) is 0.889. The normalized spacial score (nSPS) is 16.7. The maximum absolute atomic E-state index is 13.3. The van der Waals surface area contributed by atoms with Gasteiger partial charge >= 0.3 is 10.2 Å². The van der Waals surface area contributed by atoms with Gasteiger partial charge < -0.3 is 0 Å². The SMILES string of the molecule is O=C(NS(=O)(=O)N1CCCC1)c1ccccc1F. The molecule has 1 fully saturated rings. The first kappa shape index (κ1) is 13.0. The van der Waals surface area contributed by atoms with Gasteiger partial charge in [-0.3, -0.25) is 4.79 Å². The molecule has 0 unspecified atom stereocenters. The zero-order valence-electron chi connectivity index (χ0n) is 9.60. The van der Waals surface area contributed by atoms with E-state index in [1.807, 2.05) is 4.72 Å². The van der Waals surface area contributed by atoms with Gasteiger partial charge in [-0.25, -0.2) is 9.11 Å². The molecular weight excluding hydrogens is 259 g/mol. The summed E-state index contributed by atoms with van der Waals surface area (Å²) in [6.07, 6.45) is 1.55. The minimum Gasteiger partial charge on any atom is -0.268 e. The molecule has 98 valence electrons. The molecule has 0 radical (unpaired) electrons. The summed E-state index contributed by atoms with van der Waals surface area (Å²) in [4.78, 5) is 11.7. The Labute approximate surface area is 105 Å². The van der Waals surface area contributed by atoms with E-state index in [2.05, 4.69) is 0 Å². The molecule has 1 amide bonds. The summed E-state index contributed by atoms with van der Waals surface area (Å²) in [6.45, 7) is 0.778. The van der Waals surface area contributed by atoms with E-state index in [9.17, 15) is 17.6 Å². The number of amides is 1. The van der Waals surface area contributed by atoms with Crippen LogP contribution in [0.1, 0.15) is 23.2 Å². The third-order valence-electron chi connectivity index (χ3n) is 2.75. The Bertz CT molecular complexity index is 553. The average molecular weight is 272 g/mol. The van der Waals surface area contributed by atoms with Gasteiger partial charge in [-0.2, -0.15) is 12.7 Å². The molecule has 1 aliphatic heterocycles. The van der Waals surface area contributed by atoms with E-state index >= 15 is 0 Å². The minimum absolute atomic E-state index is 0.278. The fourth-order valence-electron chi connectivity index (χ4n) is 1.81. The summed E-state index contributed by atoms with van der Waals surface area (Å²) in [5.41, 5.74) is -0.278. The zero-order valence-corrected chi connectivity index (χ0v) is 10.4. The standard InChI is InChI=1S/C11H13FN2O3S/c12-10-6-2-1-5-9(10)11(15)13-18(16,17)14-7-3-4-8-14/h1-2,5-6H,3-4,7-8H2,(H,13,15). The van der Waals surface area contributed by atoms with Crippen LogP contribution in [-0.4, -0.2) is 31.7 Å². The number of benzene rings is 1. The van der Waals surface area contributed by atoms with Crippen molar-refractivity contribution < 1.29 is 17.6 Å². The second kappa shape index (κ2) is 5.03. The van der Waals surface area contributed by atoms with Crippen molar-refractivity contribution in [2.24, 2.45) is 0 Å². The van der Waals surface area contributed by atoms with Crippen LogP contribution in [0.15, 0.2) is 24.3 Å². The van der Waals surface area contributed by atoms with Crippen LogP contribution in [0, 0.1) is 5.82 Å². The molecule has 2 rings (SSSR count). The molecule has 5 nitrogen and oxygen atoms in total. The van der Waals surface area contributed by atoms with Gasteiger partial charge in [-0.15, -0.1) is 0 Å². The lowest BCUT2D eigenvalue weighted by Crippen LogP contribution is -2.42. The molecule has 18 heavy (non-hydrogen) atoms. The summed E-state index contributed by atoms with van der Waals surface area (Å²) in [7, 11) is -3.86. The number of hydrogen-bond donors (Lipinski definition) is 1. The van der Waals surface area contributed by atoms with E-state index in [0.29, 0.717) is 13.1 Å². The first-order chi connectivity index (χ1) is 8.50. The maximum Gasteiger partial charge on any atom is 0.304 e. The Balaban J connectivity index is 2.14. The van der Waals surface area contributed by atoms with E-state index in [1.54, 1.807) is 0 Å². The Morgan fingerprint density at radius 1 is 1.22 bits per heavy atom. The van der Waals surface area contributed by atoms with E-state index in [0.717, 1.165) is 18.9 Å². The number of halogens is 1. The second-order valence-corrected chi connectivity index (χ2v) is 5.69. The average Bonchev–Trinajstić information content (AvgIpc) is 2.82. The van der Waals surface area contributed by atoms with Crippen LogP contribution in [0.4, 0.5) is 4.39 Å². The van der Waals surface area contributed by atoms with Crippen LogP contribution in [-0.2, 0) is 10.2 Å². The molecule has 0 aliphatic carbocycles. The molecule has 7 heteroatoms. The lowest BCUT2D eigenvalue weighted by molar-refractivity contribution is 0.0975. The predicted molar refractivity (Wildman–Crippen MR) is 63.6 cm³/mol. The molecular formula is C11H13FN2O3S. The molecule has 0 spiro atoms. The number of hydrogen-bond acceptors (Lipinski definition) is 3. The lowest BCUT2D eigenvalue weighted by atomic mass is 10.2. The number of rotatable bonds is 3. The van der Waals surface area contributed by atoms with Crippen molar-refractivity contribution >= 4 is 16.1 Å². The highest BCUT2D eigenvalue weighted by Gasteiger charge is 2.27. The molecule has 1 aromatic rings. The van der Waals surface area contributed by atoms with Crippen molar-refractivity contribution in [2.75, 3.05) is 13.1 Å². The second-order valence-electron chi connectivity index (χ2n) is 4.02. The number of nitrogens with one attached hydrogen (secondary N) is 1. The van der Waals surface area contributed by atoms with Crippen molar-refractivity contribution in [3.8, 4) is 0 Å². The van der Waals surface area contributed by atoms with Crippen molar-refractivity contribution in [1.82, 2.24) is 9.03 Å². The Hall–Kier alpha value is -1.47. The Morgan fingerprint density at radius 2 is 1.83 bits per heavy atom. The van der Waals surface area contributed by atoms with Crippen LogP contribution in [0.2, 0.25) is 0 Å². The molecule has 1 aromatic carbocycles. The van der Waals surface area contributed by atoms with Gasteiger partial charge in [0.1, 0.15) is 5.82 Å². The van der Waals surface area contributed by atoms with Crippen LogP contribution >= 0.6 is 0 Å².